The molecule has 0 unspecified atom stereocenters. The lowest BCUT2D eigenvalue weighted by Gasteiger charge is -2.42. The monoisotopic (exact) mass is 326 g/mol. The van der Waals surface area contributed by atoms with Crippen LogP contribution in [0.2, 0.25) is 0 Å². The molecular weight excluding hydrogens is 304 g/mol. The van der Waals surface area contributed by atoms with Gasteiger partial charge in [0.25, 0.3) is 0 Å². The van der Waals surface area contributed by atoms with Crippen LogP contribution in [0.3, 0.4) is 0 Å². The highest BCUT2D eigenvalue weighted by molar-refractivity contribution is 5.88. The van der Waals surface area contributed by atoms with Crippen molar-refractivity contribution in [2.45, 2.75) is 25.8 Å². The lowest BCUT2D eigenvalue weighted by molar-refractivity contribution is -0.131. The van der Waals surface area contributed by atoms with E-state index in [2.05, 4.69) is 21.8 Å². The molecule has 24 heavy (non-hydrogen) atoms. The molecule has 7 nitrogen and oxygen atoms in total. The van der Waals surface area contributed by atoms with Crippen molar-refractivity contribution in [3.63, 3.8) is 0 Å². The van der Waals surface area contributed by atoms with Gasteiger partial charge in [0, 0.05) is 33.4 Å². The fourth-order valence-corrected chi connectivity index (χ4v) is 3.46. The number of carbonyl (C=O) groups is 1. The van der Waals surface area contributed by atoms with Crippen LogP contribution in [0.5, 0.6) is 0 Å². The first kappa shape index (κ1) is 16.2. The summed E-state index contributed by atoms with van der Waals surface area (Å²) in [4.78, 5) is 24.9. The van der Waals surface area contributed by atoms with E-state index < -0.39 is 0 Å². The molecule has 0 spiro atoms. The van der Waals surface area contributed by atoms with Crippen molar-refractivity contribution in [3.8, 4) is 6.07 Å². The van der Waals surface area contributed by atoms with E-state index in [1.807, 2.05) is 37.0 Å². The first-order valence-electron chi connectivity index (χ1n) is 8.16. The molecule has 0 radical (unpaired) electrons. The Bertz CT molecular complexity index is 792. The van der Waals surface area contributed by atoms with E-state index in [1.54, 1.807) is 11.2 Å². The first-order chi connectivity index (χ1) is 11.5. The predicted molar refractivity (Wildman–Crippen MR) is 91.3 cm³/mol. The van der Waals surface area contributed by atoms with Crippen LogP contribution in [0.15, 0.2) is 18.6 Å². The molecule has 3 rings (SSSR count). The number of nitriles is 1. The van der Waals surface area contributed by atoms with E-state index in [0.717, 1.165) is 29.8 Å². The molecule has 2 aromatic heterocycles. The Labute approximate surface area is 141 Å². The molecule has 0 aliphatic carbocycles. The molecule has 3 heterocycles. The number of carbonyl (C=O) groups excluding carboxylic acids is 1. The Morgan fingerprint density at radius 1 is 1.50 bits per heavy atom. The fourth-order valence-electron chi connectivity index (χ4n) is 3.46. The van der Waals surface area contributed by atoms with Gasteiger partial charge in [0.1, 0.15) is 24.2 Å². The molecule has 0 bridgehead atoms. The average Bonchev–Trinajstić information content (AvgIpc) is 2.96. The van der Waals surface area contributed by atoms with Crippen molar-refractivity contribution >= 4 is 22.8 Å². The number of hydrogen-bond donors (Lipinski definition) is 0. The normalized spacial score (nSPS) is 20.8. The summed E-state index contributed by atoms with van der Waals surface area (Å²) in [6.07, 6.45) is 4.43. The topological polar surface area (TPSA) is 78.1 Å². The van der Waals surface area contributed by atoms with Gasteiger partial charge in [-0.05, 0) is 18.4 Å². The Morgan fingerprint density at radius 3 is 3.04 bits per heavy atom. The molecule has 1 saturated heterocycles. The molecule has 0 saturated carbocycles. The second kappa shape index (κ2) is 6.48. The number of amides is 1. The maximum atomic E-state index is 12.1. The quantitative estimate of drug-likeness (QED) is 0.855. The zero-order valence-electron chi connectivity index (χ0n) is 14.3. The third-order valence-corrected chi connectivity index (χ3v) is 4.97. The summed E-state index contributed by atoms with van der Waals surface area (Å²) in [5.41, 5.74) is 0.896. The summed E-state index contributed by atoms with van der Waals surface area (Å²) in [7, 11) is 3.98. The smallest absolute Gasteiger partial charge is 0.236 e. The van der Waals surface area contributed by atoms with Crippen LogP contribution in [-0.4, -0.2) is 51.5 Å². The number of likely N-dealkylation sites (N-methyl/N-ethyl adjacent to an activating group) is 1. The molecule has 0 N–H and O–H groups in total. The van der Waals surface area contributed by atoms with Crippen molar-refractivity contribution in [2.24, 2.45) is 13.0 Å². The van der Waals surface area contributed by atoms with Crippen LogP contribution in [0.25, 0.3) is 11.0 Å². The van der Waals surface area contributed by atoms with Crippen LogP contribution in [0.4, 0.5) is 5.82 Å². The van der Waals surface area contributed by atoms with Gasteiger partial charge in [-0.3, -0.25) is 4.79 Å². The van der Waals surface area contributed by atoms with Crippen LogP contribution in [0.1, 0.15) is 19.8 Å². The number of fused-ring (bicyclic) bond motifs is 1. The average molecular weight is 326 g/mol. The van der Waals surface area contributed by atoms with E-state index in [-0.39, 0.29) is 18.4 Å². The number of likely N-dealkylation sites (tertiary alicyclic amines) is 1. The summed E-state index contributed by atoms with van der Waals surface area (Å²) in [5, 5.41) is 9.78. The number of nitrogens with zero attached hydrogens (tertiary/aromatic N) is 6. The number of piperidine rings is 1. The van der Waals surface area contributed by atoms with E-state index in [0.29, 0.717) is 12.5 Å². The van der Waals surface area contributed by atoms with Gasteiger partial charge in [-0.15, -0.1) is 0 Å². The molecule has 126 valence electrons. The minimum absolute atomic E-state index is 0.0543. The van der Waals surface area contributed by atoms with Crippen molar-refractivity contribution in [1.82, 2.24) is 19.4 Å². The number of aryl methyl sites for hydroxylation is 1. The Hall–Kier alpha value is -2.62. The molecule has 0 aromatic carbocycles. The number of aromatic nitrogens is 3. The SMILES string of the molecule is C[C@@H]1CCN(C(=O)CC#N)C[C@@H]1N(C)c1ncnc2c1ccn2C. The van der Waals surface area contributed by atoms with Gasteiger partial charge in [0.05, 0.1) is 17.5 Å². The maximum Gasteiger partial charge on any atom is 0.236 e. The lowest BCUT2D eigenvalue weighted by Crippen LogP contribution is -2.52. The fraction of sp³-hybridized carbons (Fsp3) is 0.529. The lowest BCUT2D eigenvalue weighted by atomic mass is 9.92. The van der Waals surface area contributed by atoms with Gasteiger partial charge < -0.3 is 14.4 Å². The van der Waals surface area contributed by atoms with Crippen LogP contribution < -0.4 is 4.90 Å². The Kier molecular flexibility index (Phi) is 4.38. The second-order valence-electron chi connectivity index (χ2n) is 6.48. The van der Waals surface area contributed by atoms with Gasteiger partial charge in [0.15, 0.2) is 0 Å². The number of hydrogen-bond acceptors (Lipinski definition) is 5. The Balaban J connectivity index is 1.88. The van der Waals surface area contributed by atoms with E-state index in [1.165, 1.54) is 0 Å². The first-order valence-corrected chi connectivity index (χ1v) is 8.16. The third-order valence-electron chi connectivity index (χ3n) is 4.97. The third kappa shape index (κ3) is 2.80. The molecule has 1 fully saturated rings. The molecule has 1 amide bonds. The summed E-state index contributed by atoms with van der Waals surface area (Å²) < 4.78 is 1.97. The number of anilines is 1. The molecule has 2 atom stereocenters. The van der Waals surface area contributed by atoms with E-state index >= 15 is 0 Å². The minimum Gasteiger partial charge on any atom is -0.354 e. The standard InChI is InChI=1S/C17H22N6O/c1-12-5-9-23(15(24)4-7-18)10-14(12)22(3)17-13-6-8-21(2)16(13)19-11-20-17/h6,8,11-12,14H,4-5,9-10H2,1-3H3/t12-,14+/m1/s1. The van der Waals surface area contributed by atoms with Crippen LogP contribution in [-0.2, 0) is 11.8 Å². The molecule has 7 heteroatoms. The highest BCUT2D eigenvalue weighted by Gasteiger charge is 2.32. The molecule has 1 aliphatic rings. The van der Waals surface area contributed by atoms with Crippen LogP contribution >= 0.6 is 0 Å². The zero-order valence-corrected chi connectivity index (χ0v) is 14.3. The summed E-state index contributed by atoms with van der Waals surface area (Å²) >= 11 is 0. The van der Waals surface area contributed by atoms with Crippen molar-refractivity contribution in [1.29, 1.82) is 5.26 Å². The van der Waals surface area contributed by atoms with Gasteiger partial charge >= 0.3 is 0 Å². The van der Waals surface area contributed by atoms with Gasteiger partial charge in [0.2, 0.25) is 5.91 Å². The van der Waals surface area contributed by atoms with E-state index in [4.69, 9.17) is 5.26 Å². The highest BCUT2D eigenvalue weighted by Crippen LogP contribution is 2.29. The molecule has 2 aromatic rings. The van der Waals surface area contributed by atoms with Crippen LogP contribution in [0, 0.1) is 17.2 Å². The second-order valence-corrected chi connectivity index (χ2v) is 6.48. The zero-order chi connectivity index (χ0) is 17.3. The highest BCUT2D eigenvalue weighted by atomic mass is 16.2. The largest absolute Gasteiger partial charge is 0.354 e. The van der Waals surface area contributed by atoms with Crippen molar-refractivity contribution < 1.29 is 4.79 Å². The van der Waals surface area contributed by atoms with Gasteiger partial charge in [-0.2, -0.15) is 5.26 Å². The van der Waals surface area contributed by atoms with Gasteiger partial charge in [-0.25, -0.2) is 9.97 Å². The van der Waals surface area contributed by atoms with Crippen molar-refractivity contribution in [3.05, 3.63) is 18.6 Å². The van der Waals surface area contributed by atoms with E-state index in [9.17, 15) is 4.79 Å². The summed E-state index contributed by atoms with van der Waals surface area (Å²) in [5.74, 6) is 1.23. The summed E-state index contributed by atoms with van der Waals surface area (Å²) in [6, 6.07) is 4.14. The molecule has 1 aliphatic heterocycles. The number of rotatable bonds is 3. The summed E-state index contributed by atoms with van der Waals surface area (Å²) in [6.45, 7) is 3.55. The predicted octanol–water partition coefficient (Wildman–Crippen LogP) is 1.56. The maximum absolute atomic E-state index is 12.1. The minimum atomic E-state index is -0.0876. The van der Waals surface area contributed by atoms with Crippen molar-refractivity contribution in [2.75, 3.05) is 25.0 Å². The Morgan fingerprint density at radius 2 is 2.29 bits per heavy atom. The molecular formula is C17H22N6O. The van der Waals surface area contributed by atoms with Gasteiger partial charge in [-0.1, -0.05) is 6.92 Å².